The number of halogens is 1. The Labute approximate surface area is 84.9 Å². The minimum Gasteiger partial charge on any atom is -0.109 e. The molecule has 1 heteroatoms. The molecule has 0 nitrogen and oxygen atoms in total. The van der Waals surface area contributed by atoms with Gasteiger partial charge in [0.25, 0.3) is 0 Å². The Kier molecular flexibility index (Phi) is 4.43. The maximum absolute atomic E-state index is 5.96. The van der Waals surface area contributed by atoms with Gasteiger partial charge in [0.2, 0.25) is 0 Å². The molecule has 0 aliphatic carbocycles. The lowest BCUT2D eigenvalue weighted by molar-refractivity contribution is 0.863. The first-order chi connectivity index (χ1) is 6.33. The van der Waals surface area contributed by atoms with E-state index in [2.05, 4.69) is 24.0 Å². The van der Waals surface area contributed by atoms with Crippen molar-refractivity contribution in [1.82, 2.24) is 0 Å². The smallest absolute Gasteiger partial charge is 0.0946 e. The number of benzene rings is 1. The molecule has 0 heterocycles. The average molecular weight is 193 g/mol. The second-order valence-corrected chi connectivity index (χ2v) is 3.41. The van der Waals surface area contributed by atoms with Crippen LogP contribution in [0, 0.1) is 11.8 Å². The van der Waals surface area contributed by atoms with Crippen molar-refractivity contribution in [3.8, 4) is 11.8 Å². The zero-order valence-electron chi connectivity index (χ0n) is 7.76. The fourth-order valence-electron chi connectivity index (χ4n) is 1.17. The highest BCUT2D eigenvalue weighted by Gasteiger charge is 1.99. The topological polar surface area (TPSA) is 0 Å². The summed E-state index contributed by atoms with van der Waals surface area (Å²) in [5.74, 6) is 5.75. The number of alkyl halides is 1. The summed E-state index contributed by atoms with van der Waals surface area (Å²) in [4.78, 5) is 0. The van der Waals surface area contributed by atoms with E-state index in [0.29, 0.717) is 0 Å². The van der Waals surface area contributed by atoms with E-state index in [4.69, 9.17) is 11.6 Å². The molecular weight excluding hydrogens is 180 g/mol. The zero-order chi connectivity index (χ0) is 9.52. The molecule has 0 spiro atoms. The molecule has 0 amide bonds. The molecule has 0 aliphatic heterocycles. The predicted molar refractivity (Wildman–Crippen MR) is 57.9 cm³/mol. The Morgan fingerprint density at radius 2 is 2.00 bits per heavy atom. The molecule has 0 fully saturated rings. The van der Waals surface area contributed by atoms with Gasteiger partial charge >= 0.3 is 0 Å². The van der Waals surface area contributed by atoms with Gasteiger partial charge in [-0.3, -0.25) is 0 Å². The molecule has 0 N–H and O–H groups in total. The number of rotatable bonds is 3. The first-order valence-corrected chi connectivity index (χ1v) is 4.87. The third kappa shape index (κ3) is 4.01. The Morgan fingerprint density at radius 1 is 1.31 bits per heavy atom. The van der Waals surface area contributed by atoms with Crippen LogP contribution in [0.2, 0.25) is 0 Å². The lowest BCUT2D eigenvalue weighted by atomic mass is 10.1. The standard InChI is InChI=1S/C12H13Cl/c1-2-6-12(13)10-9-11-7-4-3-5-8-11/h3-5,7-8,12H,9-10H2,1H3. The molecule has 0 aromatic heterocycles. The van der Waals surface area contributed by atoms with E-state index >= 15 is 0 Å². The van der Waals surface area contributed by atoms with Crippen LogP contribution >= 0.6 is 11.6 Å². The van der Waals surface area contributed by atoms with Crippen molar-refractivity contribution in [1.29, 1.82) is 0 Å². The maximum Gasteiger partial charge on any atom is 0.0946 e. The van der Waals surface area contributed by atoms with Crippen molar-refractivity contribution in [3.63, 3.8) is 0 Å². The van der Waals surface area contributed by atoms with Gasteiger partial charge in [-0.1, -0.05) is 36.3 Å². The van der Waals surface area contributed by atoms with Crippen LogP contribution < -0.4 is 0 Å². The zero-order valence-corrected chi connectivity index (χ0v) is 8.51. The molecule has 1 aromatic carbocycles. The van der Waals surface area contributed by atoms with Gasteiger partial charge in [0.15, 0.2) is 0 Å². The fourth-order valence-corrected chi connectivity index (χ4v) is 1.39. The number of aryl methyl sites for hydroxylation is 1. The minimum absolute atomic E-state index is 0.00907. The molecule has 0 saturated carbocycles. The van der Waals surface area contributed by atoms with Crippen molar-refractivity contribution in [2.75, 3.05) is 0 Å². The van der Waals surface area contributed by atoms with E-state index in [1.165, 1.54) is 5.56 Å². The van der Waals surface area contributed by atoms with Crippen molar-refractivity contribution in [2.24, 2.45) is 0 Å². The SMILES string of the molecule is CC#CC(Cl)CCc1ccccc1. The summed E-state index contributed by atoms with van der Waals surface area (Å²) >= 11 is 5.96. The quantitative estimate of drug-likeness (QED) is 0.510. The van der Waals surface area contributed by atoms with Crippen LogP contribution in [0.25, 0.3) is 0 Å². The average Bonchev–Trinajstić information content (AvgIpc) is 2.17. The van der Waals surface area contributed by atoms with Gasteiger partial charge in [-0.15, -0.1) is 17.5 Å². The summed E-state index contributed by atoms with van der Waals surface area (Å²) in [6.45, 7) is 1.82. The largest absolute Gasteiger partial charge is 0.109 e. The van der Waals surface area contributed by atoms with Gasteiger partial charge in [-0.2, -0.15) is 0 Å². The summed E-state index contributed by atoms with van der Waals surface area (Å²) in [5, 5.41) is -0.00907. The molecule has 1 atom stereocenters. The monoisotopic (exact) mass is 192 g/mol. The van der Waals surface area contributed by atoms with Gasteiger partial charge in [-0.25, -0.2) is 0 Å². The second kappa shape index (κ2) is 5.67. The summed E-state index contributed by atoms with van der Waals surface area (Å²) in [7, 11) is 0. The maximum atomic E-state index is 5.96. The van der Waals surface area contributed by atoms with Crippen molar-refractivity contribution in [3.05, 3.63) is 35.9 Å². The number of hydrogen-bond acceptors (Lipinski definition) is 0. The molecule has 0 radical (unpaired) electrons. The van der Waals surface area contributed by atoms with Gasteiger partial charge in [0.05, 0.1) is 5.38 Å². The molecule has 1 unspecified atom stereocenters. The van der Waals surface area contributed by atoms with Crippen molar-refractivity contribution >= 4 is 11.6 Å². The summed E-state index contributed by atoms with van der Waals surface area (Å²) in [6, 6.07) is 10.3. The fraction of sp³-hybridized carbons (Fsp3) is 0.333. The first kappa shape index (κ1) is 10.2. The van der Waals surface area contributed by atoms with Crippen LogP contribution in [0.15, 0.2) is 30.3 Å². The van der Waals surface area contributed by atoms with E-state index in [9.17, 15) is 0 Å². The van der Waals surface area contributed by atoms with Gasteiger partial charge in [0.1, 0.15) is 0 Å². The lowest BCUT2D eigenvalue weighted by Crippen LogP contribution is -1.96. The van der Waals surface area contributed by atoms with E-state index in [-0.39, 0.29) is 5.38 Å². The van der Waals surface area contributed by atoms with E-state index < -0.39 is 0 Å². The highest BCUT2D eigenvalue weighted by Crippen LogP contribution is 2.08. The Morgan fingerprint density at radius 3 is 2.62 bits per heavy atom. The third-order valence-electron chi connectivity index (χ3n) is 1.83. The molecule has 1 aromatic rings. The molecule has 0 bridgehead atoms. The van der Waals surface area contributed by atoms with Crippen LogP contribution in [-0.4, -0.2) is 5.38 Å². The van der Waals surface area contributed by atoms with Gasteiger partial charge in [0, 0.05) is 0 Å². The third-order valence-corrected chi connectivity index (χ3v) is 2.16. The first-order valence-electron chi connectivity index (χ1n) is 4.43. The molecule has 68 valence electrons. The Balaban J connectivity index is 2.38. The van der Waals surface area contributed by atoms with Crippen LogP contribution in [0.4, 0.5) is 0 Å². The molecular formula is C12H13Cl. The molecule has 0 saturated heterocycles. The number of hydrogen-bond donors (Lipinski definition) is 0. The minimum atomic E-state index is -0.00907. The summed E-state index contributed by atoms with van der Waals surface area (Å²) in [6.07, 6.45) is 1.93. The van der Waals surface area contributed by atoms with Crippen LogP contribution in [-0.2, 0) is 6.42 Å². The van der Waals surface area contributed by atoms with Crippen molar-refractivity contribution < 1.29 is 0 Å². The van der Waals surface area contributed by atoms with Gasteiger partial charge < -0.3 is 0 Å². The van der Waals surface area contributed by atoms with Crippen LogP contribution in [0.5, 0.6) is 0 Å². The highest BCUT2D eigenvalue weighted by molar-refractivity contribution is 6.22. The van der Waals surface area contributed by atoms with Crippen LogP contribution in [0.1, 0.15) is 18.9 Å². The van der Waals surface area contributed by atoms with E-state index in [1.54, 1.807) is 0 Å². The van der Waals surface area contributed by atoms with E-state index in [1.807, 2.05) is 25.1 Å². The van der Waals surface area contributed by atoms with Crippen molar-refractivity contribution in [2.45, 2.75) is 25.1 Å². The summed E-state index contributed by atoms with van der Waals surface area (Å²) < 4.78 is 0. The van der Waals surface area contributed by atoms with Crippen LogP contribution in [0.3, 0.4) is 0 Å². The molecule has 1 rings (SSSR count). The van der Waals surface area contributed by atoms with E-state index in [0.717, 1.165) is 12.8 Å². The Hall–Kier alpha value is -0.930. The normalized spacial score (nSPS) is 11.5. The molecule has 13 heavy (non-hydrogen) atoms. The second-order valence-electron chi connectivity index (χ2n) is 2.89. The van der Waals surface area contributed by atoms with Gasteiger partial charge in [-0.05, 0) is 25.3 Å². The molecule has 0 aliphatic rings. The highest BCUT2D eigenvalue weighted by atomic mass is 35.5. The summed E-state index contributed by atoms with van der Waals surface area (Å²) in [5.41, 5.74) is 1.33. The predicted octanol–water partition coefficient (Wildman–Crippen LogP) is 3.25. The Bertz CT molecular complexity index is 292. The lowest BCUT2D eigenvalue weighted by Gasteiger charge is -2.01.